The Morgan fingerprint density at radius 3 is 2.40 bits per heavy atom. The molecular weight excluding hydrogens is 290 g/mol. The number of aromatic hydroxyl groups is 1. The number of hydrogen-bond acceptors (Lipinski definition) is 6. The lowest BCUT2D eigenvalue weighted by molar-refractivity contribution is 0.0520. The van der Waals surface area contributed by atoms with Crippen molar-refractivity contribution in [2.45, 2.75) is 19.6 Å². The van der Waals surface area contributed by atoms with E-state index in [-0.39, 0.29) is 23.3 Å². The van der Waals surface area contributed by atoms with Crippen LogP contribution in [0.1, 0.15) is 28.4 Å². The van der Waals surface area contributed by atoms with Crippen molar-refractivity contribution < 1.29 is 27.6 Å². The Hall–Kier alpha value is -1.87. The summed E-state index contributed by atoms with van der Waals surface area (Å²) in [6.45, 7) is 2.91. The number of esters is 1. The zero-order chi connectivity index (χ0) is 15.7. The highest BCUT2D eigenvalue weighted by atomic mass is 32.2. The van der Waals surface area contributed by atoms with Gasteiger partial charge in [-0.05, 0) is 19.4 Å². The maximum atomic E-state index is 11.9. The van der Waals surface area contributed by atoms with E-state index < -0.39 is 33.3 Å². The quantitative estimate of drug-likeness (QED) is 0.591. The Kier molecular flexibility index (Phi) is 4.56. The third kappa shape index (κ3) is 3.17. The molecule has 1 heterocycles. The molecule has 1 aromatic heterocycles. The number of nitrogens with zero attached hydrogens (tertiary/aromatic N) is 1. The molecule has 112 valence electrons. The molecule has 0 aliphatic carbocycles. The first-order chi connectivity index (χ1) is 9.10. The van der Waals surface area contributed by atoms with Gasteiger partial charge in [-0.15, -0.1) is 0 Å². The van der Waals surface area contributed by atoms with Gasteiger partial charge >= 0.3 is 5.97 Å². The number of ether oxygens (including phenoxy) is 1. The van der Waals surface area contributed by atoms with Crippen LogP contribution in [0.5, 0.6) is 5.88 Å². The minimum absolute atomic E-state index is 0.0401. The molecule has 20 heavy (non-hydrogen) atoms. The Bertz CT molecular complexity index is 702. The highest BCUT2D eigenvalue weighted by Gasteiger charge is 2.25. The van der Waals surface area contributed by atoms with Crippen LogP contribution in [0.3, 0.4) is 0 Å². The second-order valence-corrected chi connectivity index (χ2v) is 5.57. The fraction of sp³-hybridized carbons (Fsp3) is 0.455. The molecule has 8 nitrogen and oxygen atoms in total. The van der Waals surface area contributed by atoms with Gasteiger partial charge in [0.2, 0.25) is 5.88 Å². The minimum atomic E-state index is -4.45. The van der Waals surface area contributed by atoms with Crippen LogP contribution < -0.4 is 5.56 Å². The monoisotopic (exact) mass is 305 g/mol. The van der Waals surface area contributed by atoms with Gasteiger partial charge in [0.1, 0.15) is 11.3 Å². The average molecular weight is 305 g/mol. The minimum Gasteiger partial charge on any atom is -0.494 e. The number of rotatable bonds is 4. The van der Waals surface area contributed by atoms with Crippen molar-refractivity contribution in [3.63, 3.8) is 0 Å². The fourth-order valence-electron chi connectivity index (χ4n) is 1.75. The smallest absolute Gasteiger partial charge is 0.343 e. The summed E-state index contributed by atoms with van der Waals surface area (Å²) in [7, 11) is -3.28. The predicted octanol–water partition coefficient (Wildman–Crippen LogP) is -0.0362. The van der Waals surface area contributed by atoms with Crippen LogP contribution in [0.2, 0.25) is 0 Å². The normalized spacial score (nSPS) is 11.4. The van der Waals surface area contributed by atoms with Crippen LogP contribution in [0.15, 0.2) is 4.79 Å². The maximum Gasteiger partial charge on any atom is 0.343 e. The maximum absolute atomic E-state index is 11.9. The molecule has 0 spiro atoms. The predicted molar refractivity (Wildman–Crippen MR) is 69.3 cm³/mol. The van der Waals surface area contributed by atoms with Gasteiger partial charge in [0, 0.05) is 12.6 Å². The standard InChI is InChI=1S/C11H15NO7S/c1-4-19-11(15)8-6(2)7(5-20(16,17)18)9(13)12(3)10(8)14/h14H,4-5H2,1-3H3,(H,16,17,18). The molecule has 0 radical (unpaired) electrons. The van der Waals surface area contributed by atoms with E-state index in [0.29, 0.717) is 0 Å². The first-order valence-electron chi connectivity index (χ1n) is 5.63. The molecule has 1 aromatic rings. The third-order valence-corrected chi connectivity index (χ3v) is 3.39. The average Bonchev–Trinajstić information content (AvgIpc) is 2.31. The number of pyridine rings is 1. The van der Waals surface area contributed by atoms with Gasteiger partial charge in [0.05, 0.1) is 6.61 Å². The molecule has 9 heteroatoms. The molecule has 0 unspecified atom stereocenters. The summed E-state index contributed by atoms with van der Waals surface area (Å²) in [5, 5.41) is 9.83. The van der Waals surface area contributed by atoms with Gasteiger partial charge in [0.25, 0.3) is 15.7 Å². The van der Waals surface area contributed by atoms with Crippen molar-refractivity contribution in [2.24, 2.45) is 7.05 Å². The molecule has 0 saturated carbocycles. The van der Waals surface area contributed by atoms with Gasteiger partial charge in [-0.2, -0.15) is 8.42 Å². The van der Waals surface area contributed by atoms with Gasteiger partial charge < -0.3 is 9.84 Å². The molecule has 0 aliphatic rings. The molecule has 0 fully saturated rings. The highest BCUT2D eigenvalue weighted by molar-refractivity contribution is 7.85. The lowest BCUT2D eigenvalue weighted by atomic mass is 10.1. The summed E-state index contributed by atoms with van der Waals surface area (Å²) >= 11 is 0. The second-order valence-electron chi connectivity index (χ2n) is 4.11. The summed E-state index contributed by atoms with van der Waals surface area (Å²) in [5.74, 6) is -2.45. The van der Waals surface area contributed by atoms with E-state index in [1.807, 2.05) is 0 Å². The van der Waals surface area contributed by atoms with Crippen molar-refractivity contribution in [1.29, 1.82) is 0 Å². The van der Waals surface area contributed by atoms with Gasteiger partial charge in [-0.3, -0.25) is 13.9 Å². The number of aromatic nitrogens is 1. The van der Waals surface area contributed by atoms with E-state index in [1.165, 1.54) is 14.0 Å². The van der Waals surface area contributed by atoms with E-state index in [0.717, 1.165) is 4.57 Å². The molecule has 0 saturated heterocycles. The van der Waals surface area contributed by atoms with E-state index in [9.17, 15) is 23.1 Å². The largest absolute Gasteiger partial charge is 0.494 e. The van der Waals surface area contributed by atoms with Gasteiger partial charge in [-0.25, -0.2) is 4.79 Å². The number of carbonyl (C=O) groups excluding carboxylic acids is 1. The van der Waals surface area contributed by atoms with Crippen molar-refractivity contribution in [3.05, 3.63) is 27.0 Å². The first kappa shape index (κ1) is 16.2. The van der Waals surface area contributed by atoms with Crippen LogP contribution in [-0.4, -0.2) is 35.2 Å². The second kappa shape index (κ2) is 5.63. The zero-order valence-corrected chi connectivity index (χ0v) is 12.0. The van der Waals surface area contributed by atoms with E-state index in [1.54, 1.807) is 6.92 Å². The number of hydrogen-bond donors (Lipinski definition) is 2. The third-order valence-electron chi connectivity index (χ3n) is 2.74. The molecule has 0 aliphatic heterocycles. The highest BCUT2D eigenvalue weighted by Crippen LogP contribution is 2.22. The zero-order valence-electron chi connectivity index (χ0n) is 11.2. The molecule has 0 amide bonds. The topological polar surface area (TPSA) is 123 Å². The Labute approximate surface area is 115 Å². The van der Waals surface area contributed by atoms with Crippen molar-refractivity contribution >= 4 is 16.1 Å². The summed E-state index contributed by atoms with van der Waals surface area (Å²) < 4.78 is 36.2. The summed E-state index contributed by atoms with van der Waals surface area (Å²) in [6, 6.07) is 0. The van der Waals surface area contributed by atoms with Crippen molar-refractivity contribution in [1.82, 2.24) is 4.57 Å². The van der Waals surface area contributed by atoms with Crippen molar-refractivity contribution in [3.8, 4) is 5.88 Å². The lowest BCUT2D eigenvalue weighted by Gasteiger charge is -2.14. The first-order valence-corrected chi connectivity index (χ1v) is 7.24. The molecule has 1 rings (SSSR count). The van der Waals surface area contributed by atoms with Crippen LogP contribution in [0.4, 0.5) is 0 Å². The number of carbonyl (C=O) groups is 1. The Morgan fingerprint density at radius 1 is 1.40 bits per heavy atom. The molecule has 2 N–H and O–H groups in total. The fourth-order valence-corrected chi connectivity index (χ4v) is 2.45. The molecular formula is C11H15NO7S. The molecule has 0 bridgehead atoms. The summed E-state index contributed by atoms with van der Waals surface area (Å²) in [4.78, 5) is 23.7. The van der Waals surface area contributed by atoms with E-state index in [2.05, 4.69) is 0 Å². The Balaban J connectivity index is 3.63. The van der Waals surface area contributed by atoms with Crippen LogP contribution >= 0.6 is 0 Å². The lowest BCUT2D eigenvalue weighted by Crippen LogP contribution is -2.27. The summed E-state index contributed by atoms with van der Waals surface area (Å²) in [5.41, 5.74) is -1.45. The molecule has 0 atom stereocenters. The van der Waals surface area contributed by atoms with Crippen LogP contribution in [0.25, 0.3) is 0 Å². The van der Waals surface area contributed by atoms with E-state index in [4.69, 9.17) is 9.29 Å². The summed E-state index contributed by atoms with van der Waals surface area (Å²) in [6.07, 6.45) is 0. The van der Waals surface area contributed by atoms with E-state index >= 15 is 0 Å². The van der Waals surface area contributed by atoms with Gasteiger partial charge in [0.15, 0.2) is 0 Å². The van der Waals surface area contributed by atoms with Crippen LogP contribution in [-0.2, 0) is 27.7 Å². The van der Waals surface area contributed by atoms with Crippen molar-refractivity contribution in [2.75, 3.05) is 6.61 Å². The Morgan fingerprint density at radius 2 is 1.95 bits per heavy atom. The van der Waals surface area contributed by atoms with Crippen LogP contribution in [0, 0.1) is 6.92 Å². The molecule has 0 aromatic carbocycles. The SMILES string of the molecule is CCOC(=O)c1c(C)c(CS(=O)(=O)O)c(=O)n(C)c1O. The van der Waals surface area contributed by atoms with Gasteiger partial charge in [-0.1, -0.05) is 0 Å².